The van der Waals surface area contributed by atoms with Gasteiger partial charge in [0.2, 0.25) is 10.0 Å². The Labute approximate surface area is 183 Å². The second-order valence-electron chi connectivity index (χ2n) is 7.91. The number of aromatic nitrogens is 2. The van der Waals surface area contributed by atoms with E-state index < -0.39 is 10.0 Å². The molecule has 5 nitrogen and oxygen atoms in total. The normalized spacial score (nSPS) is 15.5. The Morgan fingerprint density at radius 1 is 0.967 bits per heavy atom. The van der Waals surface area contributed by atoms with E-state index in [1.54, 1.807) is 29.0 Å². The zero-order chi connectivity index (χ0) is 21.0. The second-order valence-corrected chi connectivity index (χ2v) is 10.3. The predicted octanol–water partition coefficient (Wildman–Crippen LogP) is 5.50. The minimum absolute atomic E-state index is 0.303. The van der Waals surface area contributed by atoms with E-state index in [1.807, 2.05) is 36.4 Å². The number of nitrogens with zero attached hydrogens (tertiary/aromatic N) is 2. The molecule has 1 aromatic heterocycles. The molecule has 0 radical (unpaired) electrons. The number of nitrogens with one attached hydrogen (secondary N) is 1. The van der Waals surface area contributed by atoms with E-state index in [0.717, 1.165) is 29.7 Å². The molecule has 0 unspecified atom stereocenters. The largest absolute Gasteiger partial charge is 0.347 e. The summed E-state index contributed by atoms with van der Waals surface area (Å²) >= 11 is 5.97. The number of aromatic amines is 1. The van der Waals surface area contributed by atoms with Crippen molar-refractivity contribution >= 4 is 21.6 Å². The molecule has 0 spiro atoms. The highest BCUT2D eigenvalue weighted by molar-refractivity contribution is 7.89. The number of hydrogen-bond acceptors (Lipinski definition) is 3. The number of H-pyrrole nitrogens is 1. The number of rotatable bonds is 7. The molecule has 1 saturated carbocycles. The lowest BCUT2D eigenvalue weighted by Gasteiger charge is -2.29. The van der Waals surface area contributed by atoms with Gasteiger partial charge in [-0.2, -0.15) is 4.31 Å². The van der Waals surface area contributed by atoms with Gasteiger partial charge in [0.05, 0.1) is 17.8 Å². The van der Waals surface area contributed by atoms with Crippen LogP contribution < -0.4 is 0 Å². The van der Waals surface area contributed by atoms with Crippen molar-refractivity contribution in [2.75, 3.05) is 6.54 Å². The van der Waals surface area contributed by atoms with Crippen LogP contribution in [0, 0.1) is 5.92 Å². The molecule has 0 bridgehead atoms. The van der Waals surface area contributed by atoms with Crippen molar-refractivity contribution in [3.63, 3.8) is 0 Å². The smallest absolute Gasteiger partial charge is 0.243 e. The third kappa shape index (κ3) is 4.94. The summed E-state index contributed by atoms with van der Waals surface area (Å²) in [5.41, 5.74) is 2.75. The Morgan fingerprint density at radius 2 is 1.60 bits per heavy atom. The highest BCUT2D eigenvalue weighted by atomic mass is 35.5. The fraction of sp³-hybridized carbons (Fsp3) is 0.348. The van der Waals surface area contributed by atoms with Gasteiger partial charge in [0.15, 0.2) is 0 Å². The maximum absolute atomic E-state index is 13.5. The van der Waals surface area contributed by atoms with Crippen LogP contribution in [0.25, 0.3) is 11.1 Å². The molecule has 0 saturated heterocycles. The molecule has 3 aromatic rings. The number of hydrogen-bond donors (Lipinski definition) is 1. The molecule has 30 heavy (non-hydrogen) atoms. The highest BCUT2D eigenvalue weighted by Crippen LogP contribution is 2.29. The van der Waals surface area contributed by atoms with E-state index in [4.69, 9.17) is 11.6 Å². The predicted molar refractivity (Wildman–Crippen MR) is 120 cm³/mol. The Bertz CT molecular complexity index is 1040. The maximum atomic E-state index is 13.5. The molecule has 1 aliphatic carbocycles. The second kappa shape index (κ2) is 9.33. The minimum Gasteiger partial charge on any atom is -0.347 e. The van der Waals surface area contributed by atoms with Crippen molar-refractivity contribution in [1.29, 1.82) is 0 Å². The fourth-order valence-electron chi connectivity index (χ4n) is 4.08. The van der Waals surface area contributed by atoms with Crippen LogP contribution in [0.5, 0.6) is 0 Å². The molecule has 7 heteroatoms. The van der Waals surface area contributed by atoms with Crippen molar-refractivity contribution in [3.05, 3.63) is 71.8 Å². The number of sulfonamides is 1. The highest BCUT2D eigenvalue weighted by Gasteiger charge is 2.28. The summed E-state index contributed by atoms with van der Waals surface area (Å²) in [5, 5.41) is 0.676. The third-order valence-electron chi connectivity index (χ3n) is 5.76. The molecule has 158 valence electrons. The van der Waals surface area contributed by atoms with Gasteiger partial charge >= 0.3 is 0 Å². The quantitative estimate of drug-likeness (QED) is 0.524. The van der Waals surface area contributed by atoms with E-state index >= 15 is 0 Å². The minimum atomic E-state index is -3.62. The first-order valence-electron chi connectivity index (χ1n) is 10.4. The summed E-state index contributed by atoms with van der Waals surface area (Å²) in [6, 6.07) is 14.6. The Hall–Kier alpha value is -2.15. The third-order valence-corrected chi connectivity index (χ3v) is 7.84. The van der Waals surface area contributed by atoms with Gasteiger partial charge in [0.25, 0.3) is 0 Å². The molecule has 0 atom stereocenters. The van der Waals surface area contributed by atoms with Gasteiger partial charge in [-0.15, -0.1) is 0 Å². The average molecular weight is 444 g/mol. The van der Waals surface area contributed by atoms with Crippen LogP contribution in [0.15, 0.2) is 66.0 Å². The van der Waals surface area contributed by atoms with Crippen LogP contribution in [-0.2, 0) is 16.6 Å². The molecule has 4 rings (SSSR count). The maximum Gasteiger partial charge on any atom is 0.243 e. The first kappa shape index (κ1) is 21.1. The Morgan fingerprint density at radius 3 is 2.20 bits per heavy atom. The molecule has 0 amide bonds. The SMILES string of the molecule is O=S(=O)(c1ccc(-c2ccc(Cl)cc2)cc1)N(Cc1cnc[nH]1)CC1CCCCC1. The van der Waals surface area contributed by atoms with Crippen LogP contribution in [-0.4, -0.2) is 29.2 Å². The van der Waals surface area contributed by atoms with Gasteiger partial charge in [-0.25, -0.2) is 13.4 Å². The van der Waals surface area contributed by atoms with Crippen LogP contribution in [0.1, 0.15) is 37.8 Å². The van der Waals surface area contributed by atoms with Gasteiger partial charge in [0, 0.05) is 23.5 Å². The summed E-state index contributed by atoms with van der Waals surface area (Å²) in [6.45, 7) is 0.845. The number of halogens is 1. The first-order chi connectivity index (χ1) is 14.5. The summed E-state index contributed by atoms with van der Waals surface area (Å²) in [7, 11) is -3.62. The fourth-order valence-corrected chi connectivity index (χ4v) is 5.70. The summed E-state index contributed by atoms with van der Waals surface area (Å²) in [5.74, 6) is 0.407. The molecule has 1 N–H and O–H groups in total. The van der Waals surface area contributed by atoms with E-state index in [-0.39, 0.29) is 0 Å². The molecular weight excluding hydrogens is 418 g/mol. The number of benzene rings is 2. The topological polar surface area (TPSA) is 66.1 Å². The van der Waals surface area contributed by atoms with Crippen molar-refractivity contribution in [2.45, 2.75) is 43.5 Å². The average Bonchev–Trinajstić information content (AvgIpc) is 3.28. The molecule has 1 aliphatic rings. The van der Waals surface area contributed by atoms with Crippen molar-refractivity contribution in [2.24, 2.45) is 5.92 Å². The van der Waals surface area contributed by atoms with Crippen molar-refractivity contribution in [1.82, 2.24) is 14.3 Å². The molecule has 0 aliphatic heterocycles. The Kier molecular flexibility index (Phi) is 6.56. The lowest BCUT2D eigenvalue weighted by molar-refractivity contribution is 0.274. The summed E-state index contributed by atoms with van der Waals surface area (Å²) in [4.78, 5) is 7.39. The van der Waals surface area contributed by atoms with Crippen LogP contribution in [0.3, 0.4) is 0 Å². The standard InChI is InChI=1S/C23H26ClN3O2S/c24-21-10-6-19(7-11-21)20-8-12-23(13-9-20)30(28,29)27(16-22-14-25-17-26-22)15-18-4-2-1-3-5-18/h6-14,17-18H,1-5,15-16H2,(H,25,26). The summed E-state index contributed by atoms with van der Waals surface area (Å²) in [6.07, 6.45) is 9.05. The van der Waals surface area contributed by atoms with E-state index in [0.29, 0.717) is 28.9 Å². The van der Waals surface area contributed by atoms with Crippen molar-refractivity contribution in [3.8, 4) is 11.1 Å². The van der Waals surface area contributed by atoms with Crippen LogP contribution in [0.4, 0.5) is 0 Å². The monoisotopic (exact) mass is 443 g/mol. The first-order valence-corrected chi connectivity index (χ1v) is 12.2. The zero-order valence-corrected chi connectivity index (χ0v) is 18.4. The van der Waals surface area contributed by atoms with Gasteiger partial charge in [-0.1, -0.05) is 55.1 Å². The van der Waals surface area contributed by atoms with Crippen LogP contribution in [0.2, 0.25) is 5.02 Å². The van der Waals surface area contributed by atoms with Gasteiger partial charge in [-0.3, -0.25) is 0 Å². The molecule has 1 heterocycles. The van der Waals surface area contributed by atoms with Gasteiger partial charge < -0.3 is 4.98 Å². The summed E-state index contributed by atoms with van der Waals surface area (Å²) < 4.78 is 28.6. The molecule has 1 fully saturated rings. The molecular formula is C23H26ClN3O2S. The van der Waals surface area contributed by atoms with E-state index in [2.05, 4.69) is 9.97 Å². The lowest BCUT2D eigenvalue weighted by Crippen LogP contribution is -2.35. The van der Waals surface area contributed by atoms with Gasteiger partial charge in [-0.05, 0) is 54.2 Å². The lowest BCUT2D eigenvalue weighted by atomic mass is 9.89. The van der Waals surface area contributed by atoms with Crippen LogP contribution >= 0.6 is 11.6 Å². The van der Waals surface area contributed by atoms with Crippen molar-refractivity contribution < 1.29 is 8.42 Å². The molecule has 2 aromatic carbocycles. The zero-order valence-electron chi connectivity index (χ0n) is 16.8. The Balaban J connectivity index is 1.58. The van der Waals surface area contributed by atoms with E-state index in [9.17, 15) is 8.42 Å². The van der Waals surface area contributed by atoms with E-state index in [1.165, 1.54) is 19.3 Å². The number of imidazole rings is 1. The van der Waals surface area contributed by atoms with Gasteiger partial charge in [0.1, 0.15) is 0 Å².